The fraction of sp³-hybridized carbons (Fsp3) is 0.192. The third-order valence-corrected chi connectivity index (χ3v) is 6.10. The molecule has 0 radical (unpaired) electrons. The molecule has 0 aliphatic heterocycles. The lowest BCUT2D eigenvalue weighted by molar-refractivity contribution is 0.0193. The van der Waals surface area contributed by atoms with E-state index >= 15 is 0 Å². The van der Waals surface area contributed by atoms with E-state index < -0.39 is 18.3 Å². The van der Waals surface area contributed by atoms with E-state index in [1.807, 2.05) is 42.5 Å². The molecule has 0 fully saturated rings. The van der Waals surface area contributed by atoms with Crippen LogP contribution in [0.5, 0.6) is 0 Å². The molecule has 2 unspecified atom stereocenters. The Labute approximate surface area is 185 Å². The number of rotatable bonds is 6. The van der Waals surface area contributed by atoms with Gasteiger partial charge >= 0.3 is 6.09 Å². The number of hydrogen-bond donors (Lipinski definition) is 4. The van der Waals surface area contributed by atoms with Crippen molar-refractivity contribution in [3.05, 3.63) is 95.7 Å². The van der Waals surface area contributed by atoms with Crippen molar-refractivity contribution in [2.24, 2.45) is 0 Å². The molecule has 32 heavy (non-hydrogen) atoms. The lowest BCUT2D eigenvalue weighted by Crippen LogP contribution is -2.36. The molecule has 1 aromatic heterocycles. The Hall–Kier alpha value is -3.61. The molecule has 4 N–H and O–H groups in total. The van der Waals surface area contributed by atoms with Crippen molar-refractivity contribution in [3.63, 3.8) is 0 Å². The second-order valence-electron chi connectivity index (χ2n) is 8.01. The first kappa shape index (κ1) is 20.3. The summed E-state index contributed by atoms with van der Waals surface area (Å²) < 4.78 is 5.48. The first-order valence-electron chi connectivity index (χ1n) is 10.6. The maximum absolute atomic E-state index is 12.3. The van der Waals surface area contributed by atoms with Gasteiger partial charge in [0, 0.05) is 24.2 Å². The molecule has 0 saturated heterocycles. The minimum absolute atomic E-state index is 0.0332. The zero-order chi connectivity index (χ0) is 22.1. The SMILES string of the molecule is O=C(NCC(O)C(O)c1cccc2cc[nH]c12)OCC1c2ccccc2-c2ccccc21. The largest absolute Gasteiger partial charge is 0.449 e. The predicted molar refractivity (Wildman–Crippen MR) is 122 cm³/mol. The minimum Gasteiger partial charge on any atom is -0.449 e. The number of benzene rings is 3. The topological polar surface area (TPSA) is 94.6 Å². The number of alkyl carbamates (subject to hydrolysis) is 1. The molecule has 5 rings (SSSR count). The molecular formula is C26H24N2O4. The standard InChI is InChI=1S/C26H24N2O4/c29-23(25(30)21-11-5-6-16-12-13-27-24(16)21)14-28-26(31)32-15-22-19-9-3-1-7-17(19)18-8-2-4-10-20(18)22/h1-13,22-23,25,27,29-30H,14-15H2,(H,28,31). The molecule has 1 aliphatic rings. The quantitative estimate of drug-likeness (QED) is 0.372. The Kier molecular flexibility index (Phi) is 5.39. The summed E-state index contributed by atoms with van der Waals surface area (Å²) in [5, 5.41) is 24.5. The number of fused-ring (bicyclic) bond motifs is 4. The fourth-order valence-corrected chi connectivity index (χ4v) is 4.51. The summed E-state index contributed by atoms with van der Waals surface area (Å²) in [6.07, 6.45) is -1.17. The number of aromatic amines is 1. The Morgan fingerprint density at radius 1 is 0.938 bits per heavy atom. The van der Waals surface area contributed by atoms with Crippen LogP contribution >= 0.6 is 0 Å². The minimum atomic E-state index is -1.18. The van der Waals surface area contributed by atoms with Gasteiger partial charge in [0.25, 0.3) is 0 Å². The number of ether oxygens (including phenoxy) is 1. The number of hydrogen-bond acceptors (Lipinski definition) is 4. The fourth-order valence-electron chi connectivity index (χ4n) is 4.51. The number of para-hydroxylation sites is 1. The summed E-state index contributed by atoms with van der Waals surface area (Å²) in [5.74, 6) is -0.0332. The van der Waals surface area contributed by atoms with Crippen molar-refractivity contribution in [3.8, 4) is 11.1 Å². The average molecular weight is 428 g/mol. The number of aromatic nitrogens is 1. The van der Waals surface area contributed by atoms with E-state index in [0.717, 1.165) is 33.2 Å². The van der Waals surface area contributed by atoms with Crippen LogP contribution in [0.15, 0.2) is 79.0 Å². The van der Waals surface area contributed by atoms with Crippen molar-refractivity contribution in [2.75, 3.05) is 13.2 Å². The van der Waals surface area contributed by atoms with Crippen LogP contribution in [0.25, 0.3) is 22.0 Å². The molecule has 1 heterocycles. The van der Waals surface area contributed by atoms with Crippen molar-refractivity contribution < 1.29 is 19.7 Å². The van der Waals surface area contributed by atoms with E-state index in [-0.39, 0.29) is 19.1 Å². The molecule has 3 aromatic carbocycles. The van der Waals surface area contributed by atoms with Gasteiger partial charge in [-0.25, -0.2) is 4.79 Å². The molecule has 0 spiro atoms. The number of aliphatic hydroxyl groups excluding tert-OH is 2. The lowest BCUT2D eigenvalue weighted by Gasteiger charge is -2.20. The number of carbonyl (C=O) groups excluding carboxylic acids is 1. The molecule has 0 bridgehead atoms. The highest BCUT2D eigenvalue weighted by Gasteiger charge is 2.29. The van der Waals surface area contributed by atoms with Crippen LogP contribution in [0.2, 0.25) is 0 Å². The summed E-state index contributed by atoms with van der Waals surface area (Å²) in [6.45, 7) is 0.0647. The normalized spacial score (nSPS) is 14.6. The lowest BCUT2D eigenvalue weighted by atomic mass is 9.98. The van der Waals surface area contributed by atoms with Gasteiger partial charge in [-0.1, -0.05) is 66.7 Å². The Balaban J connectivity index is 1.20. The van der Waals surface area contributed by atoms with E-state index in [1.165, 1.54) is 0 Å². The molecule has 6 nitrogen and oxygen atoms in total. The van der Waals surface area contributed by atoms with Crippen LogP contribution in [0.1, 0.15) is 28.7 Å². The number of H-pyrrole nitrogens is 1. The van der Waals surface area contributed by atoms with Crippen molar-refractivity contribution >= 4 is 17.0 Å². The van der Waals surface area contributed by atoms with E-state index in [1.54, 1.807) is 12.3 Å². The van der Waals surface area contributed by atoms with Gasteiger partial charge in [0.15, 0.2) is 0 Å². The molecule has 4 aromatic rings. The summed E-state index contributed by atoms with van der Waals surface area (Å²) in [7, 11) is 0. The Morgan fingerprint density at radius 3 is 2.34 bits per heavy atom. The number of amides is 1. The number of aliphatic hydroxyl groups is 2. The van der Waals surface area contributed by atoms with Gasteiger partial charge in [-0.15, -0.1) is 0 Å². The number of nitrogens with one attached hydrogen (secondary N) is 2. The van der Waals surface area contributed by atoms with Crippen LogP contribution in [-0.4, -0.2) is 40.5 Å². The van der Waals surface area contributed by atoms with E-state index in [9.17, 15) is 15.0 Å². The monoisotopic (exact) mass is 428 g/mol. The van der Waals surface area contributed by atoms with E-state index in [2.05, 4.69) is 34.6 Å². The summed E-state index contributed by atoms with van der Waals surface area (Å²) in [5.41, 5.74) is 5.94. The van der Waals surface area contributed by atoms with Gasteiger partial charge in [0.1, 0.15) is 18.8 Å². The molecular weight excluding hydrogens is 404 g/mol. The molecule has 1 amide bonds. The third kappa shape index (κ3) is 3.64. The van der Waals surface area contributed by atoms with Gasteiger partial charge in [-0.05, 0) is 33.7 Å². The average Bonchev–Trinajstić information content (AvgIpc) is 3.43. The van der Waals surface area contributed by atoms with Crippen LogP contribution in [-0.2, 0) is 4.74 Å². The maximum atomic E-state index is 12.3. The first-order chi connectivity index (χ1) is 15.6. The van der Waals surface area contributed by atoms with Crippen LogP contribution in [0.3, 0.4) is 0 Å². The Bertz CT molecular complexity index is 1220. The second-order valence-corrected chi connectivity index (χ2v) is 8.01. The highest BCUT2D eigenvalue weighted by atomic mass is 16.5. The zero-order valence-corrected chi connectivity index (χ0v) is 17.4. The van der Waals surface area contributed by atoms with Gasteiger partial charge in [-0.2, -0.15) is 0 Å². The van der Waals surface area contributed by atoms with Crippen molar-refractivity contribution in [1.82, 2.24) is 10.3 Å². The smallest absolute Gasteiger partial charge is 0.407 e. The van der Waals surface area contributed by atoms with Gasteiger partial charge in [-0.3, -0.25) is 0 Å². The van der Waals surface area contributed by atoms with Gasteiger partial charge in [0.05, 0.1) is 5.52 Å². The van der Waals surface area contributed by atoms with Gasteiger partial charge in [0.2, 0.25) is 0 Å². The third-order valence-electron chi connectivity index (χ3n) is 6.10. The Morgan fingerprint density at radius 2 is 1.62 bits per heavy atom. The van der Waals surface area contributed by atoms with Crippen LogP contribution < -0.4 is 5.32 Å². The second kappa shape index (κ2) is 8.49. The summed E-state index contributed by atoms with van der Waals surface area (Å²) >= 11 is 0. The first-order valence-corrected chi connectivity index (χ1v) is 10.6. The molecule has 0 saturated carbocycles. The number of carbonyl (C=O) groups is 1. The highest BCUT2D eigenvalue weighted by molar-refractivity contribution is 5.83. The van der Waals surface area contributed by atoms with E-state index in [0.29, 0.717) is 5.56 Å². The predicted octanol–water partition coefficient (Wildman–Crippen LogP) is 4.10. The maximum Gasteiger partial charge on any atom is 0.407 e. The summed E-state index contributed by atoms with van der Waals surface area (Å²) in [4.78, 5) is 15.4. The highest BCUT2D eigenvalue weighted by Crippen LogP contribution is 2.44. The van der Waals surface area contributed by atoms with Crippen molar-refractivity contribution in [1.29, 1.82) is 0 Å². The molecule has 6 heteroatoms. The molecule has 2 atom stereocenters. The van der Waals surface area contributed by atoms with Gasteiger partial charge < -0.3 is 25.3 Å². The van der Waals surface area contributed by atoms with Crippen LogP contribution in [0, 0.1) is 0 Å². The summed E-state index contributed by atoms with van der Waals surface area (Å²) in [6, 6.07) is 23.6. The molecule has 1 aliphatic carbocycles. The van der Waals surface area contributed by atoms with E-state index in [4.69, 9.17) is 4.74 Å². The van der Waals surface area contributed by atoms with Crippen molar-refractivity contribution in [2.45, 2.75) is 18.1 Å². The zero-order valence-electron chi connectivity index (χ0n) is 17.4. The molecule has 162 valence electrons. The van der Waals surface area contributed by atoms with Crippen LogP contribution in [0.4, 0.5) is 4.79 Å².